The first kappa shape index (κ1) is 17.4. The normalized spacial score (nSPS) is 11.6. The Morgan fingerprint density at radius 3 is 2.55 bits per heavy atom. The smallest absolute Gasteiger partial charge is 0.244 e. The maximum absolute atomic E-state index is 12.3. The zero-order valence-electron chi connectivity index (χ0n) is 12.0. The molecule has 0 unspecified atom stereocenters. The zero-order chi connectivity index (χ0) is 15.2. The fraction of sp³-hybridized carbons (Fsp3) is 0.538. The van der Waals surface area contributed by atoms with E-state index in [1.54, 1.807) is 12.1 Å². The molecule has 0 heterocycles. The van der Waals surface area contributed by atoms with Crippen molar-refractivity contribution in [3.63, 3.8) is 0 Å². The van der Waals surface area contributed by atoms with E-state index in [0.29, 0.717) is 18.8 Å². The third-order valence-electron chi connectivity index (χ3n) is 2.76. The zero-order valence-corrected chi connectivity index (χ0v) is 14.4. The monoisotopic (exact) mass is 364 g/mol. The molecule has 1 rings (SSSR count). The predicted octanol–water partition coefficient (Wildman–Crippen LogP) is 2.04. The van der Waals surface area contributed by atoms with Crippen LogP contribution in [0.4, 0.5) is 0 Å². The molecule has 0 amide bonds. The largest absolute Gasteiger partial charge is 0.495 e. The van der Waals surface area contributed by atoms with Gasteiger partial charge >= 0.3 is 0 Å². The Balaban J connectivity index is 2.84. The molecule has 0 aliphatic heterocycles. The summed E-state index contributed by atoms with van der Waals surface area (Å²) < 4.78 is 33.0. The van der Waals surface area contributed by atoms with Crippen LogP contribution in [0, 0.1) is 6.92 Å². The molecular formula is C13H21BrN2O3S. The summed E-state index contributed by atoms with van der Waals surface area (Å²) >= 11 is 3.34. The Morgan fingerprint density at radius 1 is 1.25 bits per heavy atom. The fourth-order valence-corrected chi connectivity index (χ4v) is 3.36. The summed E-state index contributed by atoms with van der Waals surface area (Å²) in [4.78, 5) is 0.146. The van der Waals surface area contributed by atoms with Gasteiger partial charge in [-0.2, -0.15) is 0 Å². The van der Waals surface area contributed by atoms with Gasteiger partial charge in [0.25, 0.3) is 0 Å². The molecule has 0 radical (unpaired) electrons. The average molecular weight is 365 g/mol. The van der Waals surface area contributed by atoms with Crippen molar-refractivity contribution in [2.75, 3.05) is 26.7 Å². The van der Waals surface area contributed by atoms with Crippen LogP contribution in [-0.2, 0) is 10.0 Å². The maximum atomic E-state index is 12.3. The van der Waals surface area contributed by atoms with Crippen molar-refractivity contribution in [2.24, 2.45) is 0 Å². The summed E-state index contributed by atoms with van der Waals surface area (Å²) in [6.45, 7) is 5.76. The van der Waals surface area contributed by atoms with Gasteiger partial charge in [-0.15, -0.1) is 0 Å². The second kappa shape index (κ2) is 7.97. The molecule has 0 bridgehead atoms. The summed E-state index contributed by atoms with van der Waals surface area (Å²) in [5, 5.41) is 3.14. The molecule has 0 aromatic heterocycles. The van der Waals surface area contributed by atoms with Gasteiger partial charge in [-0.1, -0.05) is 22.9 Å². The highest BCUT2D eigenvalue weighted by atomic mass is 79.9. The van der Waals surface area contributed by atoms with E-state index in [9.17, 15) is 8.42 Å². The number of benzene rings is 1. The lowest BCUT2D eigenvalue weighted by Gasteiger charge is -2.12. The summed E-state index contributed by atoms with van der Waals surface area (Å²) in [6.07, 6.45) is 1.02. The van der Waals surface area contributed by atoms with Crippen LogP contribution in [0.5, 0.6) is 5.75 Å². The molecular weight excluding hydrogens is 344 g/mol. The van der Waals surface area contributed by atoms with Crippen molar-refractivity contribution < 1.29 is 13.2 Å². The van der Waals surface area contributed by atoms with Crippen LogP contribution in [0.2, 0.25) is 0 Å². The Hall–Kier alpha value is -0.630. The highest BCUT2D eigenvalue weighted by Crippen LogP contribution is 2.30. The van der Waals surface area contributed by atoms with Crippen molar-refractivity contribution in [1.82, 2.24) is 10.0 Å². The number of sulfonamides is 1. The van der Waals surface area contributed by atoms with Crippen molar-refractivity contribution in [3.8, 4) is 5.75 Å². The molecule has 1 aromatic rings. The molecule has 1 aromatic carbocycles. The first-order valence-electron chi connectivity index (χ1n) is 6.47. The van der Waals surface area contributed by atoms with Gasteiger partial charge in [0.05, 0.1) is 7.11 Å². The lowest BCUT2D eigenvalue weighted by atomic mass is 10.2. The van der Waals surface area contributed by atoms with Crippen molar-refractivity contribution in [1.29, 1.82) is 0 Å². The first-order chi connectivity index (χ1) is 9.42. The van der Waals surface area contributed by atoms with E-state index >= 15 is 0 Å². The minimum Gasteiger partial charge on any atom is -0.495 e. The maximum Gasteiger partial charge on any atom is 0.244 e. The van der Waals surface area contributed by atoms with E-state index in [-0.39, 0.29) is 4.90 Å². The van der Waals surface area contributed by atoms with Crippen molar-refractivity contribution in [3.05, 3.63) is 22.2 Å². The summed E-state index contributed by atoms with van der Waals surface area (Å²) in [5.41, 5.74) is 0.922. The third-order valence-corrected chi connectivity index (χ3v) is 5.09. The average Bonchev–Trinajstić information content (AvgIpc) is 2.41. The molecule has 0 saturated carbocycles. The fourth-order valence-electron chi connectivity index (χ4n) is 1.66. The minimum absolute atomic E-state index is 0.146. The standard InChI is InChI=1S/C13H21BrN2O3S/c1-4-5-15-6-7-16-20(17,18)13-9-11(14)10(2)8-12(13)19-3/h8-9,15-16H,4-7H2,1-3H3. The number of hydrogen-bond donors (Lipinski definition) is 2. The molecule has 0 aliphatic carbocycles. The number of aryl methyl sites for hydroxylation is 1. The molecule has 5 nitrogen and oxygen atoms in total. The van der Waals surface area contributed by atoms with E-state index in [4.69, 9.17) is 4.74 Å². The van der Waals surface area contributed by atoms with Crippen molar-refractivity contribution >= 4 is 26.0 Å². The Kier molecular flexibility index (Phi) is 6.94. The van der Waals surface area contributed by atoms with Crippen molar-refractivity contribution in [2.45, 2.75) is 25.2 Å². The predicted molar refractivity (Wildman–Crippen MR) is 83.8 cm³/mol. The van der Waals surface area contributed by atoms with Crippen LogP contribution in [-0.4, -0.2) is 35.2 Å². The van der Waals surface area contributed by atoms with Gasteiger partial charge in [0.2, 0.25) is 10.0 Å². The van der Waals surface area contributed by atoms with Gasteiger partial charge in [-0.25, -0.2) is 13.1 Å². The summed E-state index contributed by atoms with van der Waals surface area (Å²) in [5.74, 6) is 0.347. The molecule has 0 spiro atoms. The van der Waals surface area contributed by atoms with Gasteiger partial charge < -0.3 is 10.1 Å². The van der Waals surface area contributed by atoms with Crippen LogP contribution >= 0.6 is 15.9 Å². The van der Waals surface area contributed by atoms with E-state index in [2.05, 4.69) is 32.9 Å². The second-order valence-corrected chi connectivity index (χ2v) is 6.99. The molecule has 0 saturated heterocycles. The van der Waals surface area contributed by atoms with Gasteiger partial charge in [0.1, 0.15) is 10.6 Å². The van der Waals surface area contributed by atoms with Gasteiger partial charge in [-0.05, 0) is 37.6 Å². The number of halogens is 1. The summed E-state index contributed by atoms with van der Waals surface area (Å²) in [6, 6.07) is 3.27. The Morgan fingerprint density at radius 2 is 1.95 bits per heavy atom. The van der Waals surface area contributed by atoms with E-state index in [1.807, 2.05) is 6.92 Å². The Bertz CT molecular complexity index is 547. The van der Waals surface area contributed by atoms with Crippen LogP contribution in [0.3, 0.4) is 0 Å². The highest BCUT2D eigenvalue weighted by molar-refractivity contribution is 9.10. The lowest BCUT2D eigenvalue weighted by molar-refractivity contribution is 0.402. The topological polar surface area (TPSA) is 67.4 Å². The van der Waals surface area contributed by atoms with Crippen LogP contribution in [0.1, 0.15) is 18.9 Å². The van der Waals surface area contributed by atoms with E-state index in [0.717, 1.165) is 23.0 Å². The molecule has 114 valence electrons. The minimum atomic E-state index is -3.57. The number of ether oxygens (including phenoxy) is 1. The molecule has 0 atom stereocenters. The number of hydrogen-bond acceptors (Lipinski definition) is 4. The SMILES string of the molecule is CCCNCCNS(=O)(=O)c1cc(Br)c(C)cc1OC. The quantitative estimate of drug-likeness (QED) is 0.692. The number of methoxy groups -OCH3 is 1. The molecule has 20 heavy (non-hydrogen) atoms. The Labute approximate surface area is 129 Å². The molecule has 0 aliphatic rings. The number of nitrogens with one attached hydrogen (secondary N) is 2. The second-order valence-electron chi connectivity index (χ2n) is 4.40. The van der Waals surface area contributed by atoms with Gasteiger partial charge in [0, 0.05) is 17.6 Å². The third kappa shape index (κ3) is 4.73. The first-order valence-corrected chi connectivity index (χ1v) is 8.74. The number of rotatable bonds is 8. The lowest BCUT2D eigenvalue weighted by Crippen LogP contribution is -2.32. The molecule has 0 fully saturated rings. The van der Waals surface area contributed by atoms with Gasteiger partial charge in [-0.3, -0.25) is 0 Å². The van der Waals surface area contributed by atoms with Crippen LogP contribution < -0.4 is 14.8 Å². The van der Waals surface area contributed by atoms with Gasteiger partial charge in [0.15, 0.2) is 0 Å². The summed E-state index contributed by atoms with van der Waals surface area (Å²) in [7, 11) is -2.11. The molecule has 7 heteroatoms. The molecule has 2 N–H and O–H groups in total. The van der Waals surface area contributed by atoms with E-state index < -0.39 is 10.0 Å². The van der Waals surface area contributed by atoms with Crippen LogP contribution in [0.25, 0.3) is 0 Å². The van der Waals surface area contributed by atoms with Crippen LogP contribution in [0.15, 0.2) is 21.5 Å². The highest BCUT2D eigenvalue weighted by Gasteiger charge is 2.20. The van der Waals surface area contributed by atoms with E-state index in [1.165, 1.54) is 7.11 Å².